The average Bonchev–Trinajstić information content (AvgIpc) is 2.34. The number of nitrogens with zero attached hydrogens (tertiary/aromatic N) is 2. The highest BCUT2D eigenvalue weighted by Crippen LogP contribution is 2.16. The Morgan fingerprint density at radius 1 is 1.40 bits per heavy atom. The number of likely N-dealkylation sites (N-methyl/N-ethyl adjacent to an activating group) is 1. The van der Waals surface area contributed by atoms with Crippen LogP contribution in [0.25, 0.3) is 0 Å². The average molecular weight is 302 g/mol. The zero-order chi connectivity index (χ0) is 15.6. The normalized spacial score (nSPS) is 12.7. The number of aromatic nitrogens is 1. The van der Waals surface area contributed by atoms with Gasteiger partial charge in [0.15, 0.2) is 5.03 Å². The minimum absolute atomic E-state index is 0.0752. The molecule has 0 aliphatic rings. The molecule has 0 amide bonds. The number of rotatable bonds is 6. The van der Waals surface area contributed by atoms with Crippen LogP contribution in [-0.4, -0.2) is 52.6 Å². The van der Waals surface area contributed by atoms with Crippen LogP contribution < -0.4 is 0 Å². The monoisotopic (exact) mass is 302 g/mol. The predicted octanol–water partition coefficient (Wildman–Crippen LogP) is 0.561. The van der Waals surface area contributed by atoms with E-state index in [4.69, 9.17) is 5.11 Å². The summed E-state index contributed by atoms with van der Waals surface area (Å²) in [5.74, 6) is -1.18. The second kappa shape index (κ2) is 5.86. The molecule has 2 N–H and O–H groups in total. The van der Waals surface area contributed by atoms with E-state index in [2.05, 4.69) is 4.98 Å². The molecule has 0 aromatic carbocycles. The highest BCUT2D eigenvalue weighted by Gasteiger charge is 2.29. The SMILES string of the molecule is CCN(CC(C)(C)O)S(=O)(=O)c1ccc(C(=O)O)cn1. The van der Waals surface area contributed by atoms with E-state index >= 15 is 0 Å². The second-order valence-corrected chi connectivity index (χ2v) is 6.82. The minimum atomic E-state index is -3.86. The lowest BCUT2D eigenvalue weighted by Crippen LogP contribution is -2.42. The van der Waals surface area contributed by atoms with E-state index in [0.717, 1.165) is 16.6 Å². The van der Waals surface area contributed by atoms with E-state index in [-0.39, 0.29) is 23.7 Å². The van der Waals surface area contributed by atoms with E-state index < -0.39 is 21.6 Å². The molecular weight excluding hydrogens is 284 g/mol. The van der Waals surface area contributed by atoms with Gasteiger partial charge in [-0.15, -0.1) is 0 Å². The number of carboxylic acids is 1. The molecule has 0 aliphatic heterocycles. The van der Waals surface area contributed by atoms with Gasteiger partial charge in [-0.25, -0.2) is 18.2 Å². The molecular formula is C12H18N2O5S. The summed E-state index contributed by atoms with van der Waals surface area (Å²) in [5.41, 5.74) is -1.26. The maximum absolute atomic E-state index is 12.3. The van der Waals surface area contributed by atoms with E-state index in [9.17, 15) is 18.3 Å². The number of carboxylic acid groups (broad SMARTS) is 1. The Labute approximate surface area is 117 Å². The van der Waals surface area contributed by atoms with Crippen molar-refractivity contribution in [1.82, 2.24) is 9.29 Å². The summed E-state index contributed by atoms with van der Waals surface area (Å²) in [7, 11) is -3.86. The molecule has 0 saturated carbocycles. The number of aromatic carboxylic acids is 1. The first-order valence-electron chi connectivity index (χ1n) is 6.00. The predicted molar refractivity (Wildman–Crippen MR) is 71.9 cm³/mol. The van der Waals surface area contributed by atoms with E-state index in [1.54, 1.807) is 6.92 Å². The van der Waals surface area contributed by atoms with Crippen molar-refractivity contribution in [3.05, 3.63) is 23.9 Å². The Hall–Kier alpha value is -1.51. The summed E-state index contributed by atoms with van der Waals surface area (Å²) < 4.78 is 25.7. The second-order valence-electron chi connectivity index (χ2n) is 4.93. The lowest BCUT2D eigenvalue weighted by molar-refractivity contribution is 0.0600. The highest BCUT2D eigenvalue weighted by molar-refractivity contribution is 7.89. The summed E-state index contributed by atoms with van der Waals surface area (Å²) in [5, 5.41) is 18.3. The molecule has 20 heavy (non-hydrogen) atoms. The molecule has 0 saturated heterocycles. The van der Waals surface area contributed by atoms with Gasteiger partial charge in [0.2, 0.25) is 0 Å². The topological polar surface area (TPSA) is 108 Å². The molecule has 0 fully saturated rings. The largest absolute Gasteiger partial charge is 0.478 e. The van der Waals surface area contributed by atoms with Gasteiger partial charge in [0.05, 0.1) is 11.2 Å². The fraction of sp³-hybridized carbons (Fsp3) is 0.500. The van der Waals surface area contributed by atoms with Gasteiger partial charge in [-0.1, -0.05) is 6.92 Å². The van der Waals surface area contributed by atoms with Gasteiger partial charge >= 0.3 is 5.97 Å². The van der Waals surface area contributed by atoms with Crippen LogP contribution in [0.3, 0.4) is 0 Å². The molecule has 0 unspecified atom stereocenters. The third-order valence-electron chi connectivity index (χ3n) is 2.50. The van der Waals surface area contributed by atoms with Gasteiger partial charge in [-0.3, -0.25) is 0 Å². The molecule has 1 heterocycles. The quantitative estimate of drug-likeness (QED) is 0.795. The zero-order valence-electron chi connectivity index (χ0n) is 11.6. The molecule has 0 atom stereocenters. The third kappa shape index (κ3) is 3.99. The Kier molecular flexibility index (Phi) is 4.85. The maximum atomic E-state index is 12.3. The van der Waals surface area contributed by atoms with Gasteiger partial charge in [-0.05, 0) is 26.0 Å². The molecule has 1 aromatic heterocycles. The molecule has 0 bridgehead atoms. The molecule has 8 heteroatoms. The van der Waals surface area contributed by atoms with Crippen LogP contribution >= 0.6 is 0 Å². The fourth-order valence-electron chi connectivity index (χ4n) is 1.59. The Bertz CT molecular complexity index is 575. The summed E-state index contributed by atoms with van der Waals surface area (Å²) in [4.78, 5) is 14.4. The molecule has 7 nitrogen and oxygen atoms in total. The van der Waals surface area contributed by atoms with Gasteiger partial charge in [0, 0.05) is 19.3 Å². The zero-order valence-corrected chi connectivity index (χ0v) is 12.4. The summed E-state index contributed by atoms with van der Waals surface area (Å²) in [6, 6.07) is 2.33. The lowest BCUT2D eigenvalue weighted by Gasteiger charge is -2.26. The van der Waals surface area contributed by atoms with Crippen molar-refractivity contribution in [2.45, 2.75) is 31.4 Å². The Morgan fingerprint density at radius 2 is 2.00 bits per heavy atom. The van der Waals surface area contributed by atoms with Crippen LogP contribution in [0.4, 0.5) is 0 Å². The first-order valence-corrected chi connectivity index (χ1v) is 7.44. The number of aliphatic hydroxyl groups is 1. The van der Waals surface area contributed by atoms with Gasteiger partial charge in [-0.2, -0.15) is 4.31 Å². The summed E-state index contributed by atoms with van der Waals surface area (Å²) in [6.07, 6.45) is 0.993. The Morgan fingerprint density at radius 3 is 2.35 bits per heavy atom. The van der Waals surface area contributed by atoms with Gasteiger partial charge in [0.25, 0.3) is 10.0 Å². The van der Waals surface area contributed by atoms with Crippen molar-refractivity contribution in [2.24, 2.45) is 0 Å². The molecule has 1 aromatic rings. The molecule has 0 aliphatic carbocycles. The van der Waals surface area contributed by atoms with Crippen molar-refractivity contribution in [3.63, 3.8) is 0 Å². The maximum Gasteiger partial charge on any atom is 0.337 e. The van der Waals surface area contributed by atoms with Crippen LogP contribution in [0, 0.1) is 0 Å². The van der Waals surface area contributed by atoms with Crippen molar-refractivity contribution in [1.29, 1.82) is 0 Å². The van der Waals surface area contributed by atoms with Crippen molar-refractivity contribution >= 4 is 16.0 Å². The summed E-state index contributed by atoms with van der Waals surface area (Å²) >= 11 is 0. The van der Waals surface area contributed by atoms with Crippen LogP contribution in [0.1, 0.15) is 31.1 Å². The smallest absolute Gasteiger partial charge is 0.337 e. The van der Waals surface area contributed by atoms with Crippen molar-refractivity contribution < 1.29 is 23.4 Å². The highest BCUT2D eigenvalue weighted by atomic mass is 32.2. The molecule has 112 valence electrons. The van der Waals surface area contributed by atoms with Gasteiger partial charge < -0.3 is 10.2 Å². The van der Waals surface area contributed by atoms with Crippen molar-refractivity contribution in [2.75, 3.05) is 13.1 Å². The third-order valence-corrected chi connectivity index (χ3v) is 4.34. The fourth-order valence-corrected chi connectivity index (χ4v) is 3.11. The minimum Gasteiger partial charge on any atom is -0.478 e. The first-order chi connectivity index (χ1) is 9.08. The molecule has 0 spiro atoms. The van der Waals surface area contributed by atoms with Crippen LogP contribution in [0.5, 0.6) is 0 Å². The standard InChI is InChI=1S/C12H18N2O5S/c1-4-14(8-12(2,3)17)20(18,19)10-6-5-9(7-13-10)11(15)16/h5-7,17H,4,8H2,1-3H3,(H,15,16). The number of hydrogen-bond acceptors (Lipinski definition) is 5. The van der Waals surface area contributed by atoms with E-state index in [1.165, 1.54) is 19.9 Å². The van der Waals surface area contributed by atoms with E-state index in [1.807, 2.05) is 0 Å². The summed E-state index contributed by atoms with van der Waals surface area (Å²) in [6.45, 7) is 4.76. The first kappa shape index (κ1) is 16.5. The van der Waals surface area contributed by atoms with Crippen LogP contribution in [-0.2, 0) is 10.0 Å². The molecule has 1 rings (SSSR count). The number of hydrogen-bond donors (Lipinski definition) is 2. The molecule has 0 radical (unpaired) electrons. The lowest BCUT2D eigenvalue weighted by atomic mass is 10.1. The van der Waals surface area contributed by atoms with E-state index in [0.29, 0.717) is 0 Å². The number of pyridine rings is 1. The van der Waals surface area contributed by atoms with Crippen LogP contribution in [0.2, 0.25) is 0 Å². The number of sulfonamides is 1. The van der Waals surface area contributed by atoms with Crippen molar-refractivity contribution in [3.8, 4) is 0 Å². The van der Waals surface area contributed by atoms with Crippen LogP contribution in [0.15, 0.2) is 23.4 Å². The van der Waals surface area contributed by atoms with Gasteiger partial charge in [0.1, 0.15) is 0 Å². The number of carbonyl (C=O) groups is 1. The Balaban J connectivity index is 3.11.